The highest BCUT2D eigenvalue weighted by Gasteiger charge is 2.14. The molecule has 4 rings (SSSR count). The predicted octanol–water partition coefficient (Wildman–Crippen LogP) is 4.00. The second-order valence-electron chi connectivity index (χ2n) is 5.17. The Balaban J connectivity index is 2.03. The molecule has 0 amide bonds. The molecule has 2 aromatic carbocycles. The van der Waals surface area contributed by atoms with E-state index in [1.165, 1.54) is 0 Å². The summed E-state index contributed by atoms with van der Waals surface area (Å²) in [6, 6.07) is 20.1. The Morgan fingerprint density at radius 3 is 2.05 bits per heavy atom. The van der Waals surface area contributed by atoms with Gasteiger partial charge in [-0.05, 0) is 6.92 Å². The summed E-state index contributed by atoms with van der Waals surface area (Å²) in [7, 11) is 0. The third-order valence-electron chi connectivity index (χ3n) is 3.65. The molecule has 4 nitrogen and oxygen atoms in total. The maximum atomic E-state index is 4.76. The fourth-order valence-corrected chi connectivity index (χ4v) is 2.53. The first kappa shape index (κ1) is 12.7. The fraction of sp³-hybridized carbons (Fsp3) is 0.0556. The van der Waals surface area contributed by atoms with E-state index in [4.69, 9.17) is 4.98 Å². The average molecular weight is 286 g/mol. The normalized spacial score (nSPS) is 11.0. The van der Waals surface area contributed by atoms with E-state index >= 15 is 0 Å². The molecule has 2 heterocycles. The Bertz CT molecular complexity index is 927. The van der Waals surface area contributed by atoms with Crippen LogP contribution >= 0.6 is 0 Å². The molecule has 106 valence electrons. The maximum Gasteiger partial charge on any atom is 0.160 e. The van der Waals surface area contributed by atoms with Crippen molar-refractivity contribution in [2.45, 2.75) is 6.92 Å². The zero-order chi connectivity index (χ0) is 14.9. The van der Waals surface area contributed by atoms with E-state index < -0.39 is 0 Å². The van der Waals surface area contributed by atoms with Crippen molar-refractivity contribution in [1.82, 2.24) is 20.2 Å². The maximum absolute atomic E-state index is 4.76. The third-order valence-corrected chi connectivity index (χ3v) is 3.65. The molecule has 0 aliphatic heterocycles. The van der Waals surface area contributed by atoms with Gasteiger partial charge in [-0.2, -0.15) is 5.10 Å². The number of benzene rings is 2. The van der Waals surface area contributed by atoms with Crippen LogP contribution in [0.15, 0.2) is 60.7 Å². The Morgan fingerprint density at radius 1 is 0.727 bits per heavy atom. The van der Waals surface area contributed by atoms with Crippen LogP contribution in [0.5, 0.6) is 0 Å². The molecule has 4 heteroatoms. The van der Waals surface area contributed by atoms with Crippen LogP contribution < -0.4 is 0 Å². The van der Waals surface area contributed by atoms with Crippen LogP contribution in [0.4, 0.5) is 0 Å². The summed E-state index contributed by atoms with van der Waals surface area (Å²) in [4.78, 5) is 9.45. The molecule has 0 fully saturated rings. The molecule has 0 spiro atoms. The molecule has 0 radical (unpaired) electrons. The molecule has 0 aliphatic rings. The molecule has 0 saturated heterocycles. The Kier molecular flexibility index (Phi) is 2.93. The lowest BCUT2D eigenvalue weighted by Crippen LogP contribution is -1.94. The van der Waals surface area contributed by atoms with Crippen LogP contribution in [0.2, 0.25) is 0 Å². The van der Waals surface area contributed by atoms with E-state index in [1.807, 2.05) is 67.6 Å². The van der Waals surface area contributed by atoms with Gasteiger partial charge in [0.2, 0.25) is 0 Å². The number of H-pyrrole nitrogens is 1. The average Bonchev–Trinajstić information content (AvgIpc) is 2.97. The van der Waals surface area contributed by atoms with Crippen molar-refractivity contribution >= 4 is 11.0 Å². The summed E-state index contributed by atoms with van der Waals surface area (Å²) in [6.45, 7) is 1.98. The summed E-state index contributed by atoms with van der Waals surface area (Å²) in [5.41, 5.74) is 5.53. The van der Waals surface area contributed by atoms with Crippen molar-refractivity contribution in [3.05, 3.63) is 66.4 Å². The molecule has 0 bridgehead atoms. The molecule has 4 aromatic rings. The number of hydrogen-bond acceptors (Lipinski definition) is 3. The number of aromatic amines is 1. The van der Waals surface area contributed by atoms with Gasteiger partial charge in [0, 0.05) is 11.1 Å². The van der Waals surface area contributed by atoms with Crippen LogP contribution in [-0.4, -0.2) is 20.2 Å². The molecular weight excluding hydrogens is 272 g/mol. The minimum absolute atomic E-state index is 0.719. The Hall–Kier alpha value is -3.01. The smallest absolute Gasteiger partial charge is 0.160 e. The predicted molar refractivity (Wildman–Crippen MR) is 87.3 cm³/mol. The highest BCUT2D eigenvalue weighted by molar-refractivity contribution is 5.91. The number of aryl methyl sites for hydroxylation is 1. The quantitative estimate of drug-likeness (QED) is 0.606. The number of rotatable bonds is 2. The number of hydrogen-bond donors (Lipinski definition) is 1. The van der Waals surface area contributed by atoms with E-state index in [0.29, 0.717) is 0 Å². The summed E-state index contributed by atoms with van der Waals surface area (Å²) in [5.74, 6) is 0.719. The third kappa shape index (κ3) is 2.05. The van der Waals surface area contributed by atoms with Gasteiger partial charge < -0.3 is 0 Å². The largest absolute Gasteiger partial charge is 0.280 e. The van der Waals surface area contributed by atoms with Crippen molar-refractivity contribution in [2.75, 3.05) is 0 Å². The lowest BCUT2D eigenvalue weighted by atomic mass is 10.1. The van der Waals surface area contributed by atoms with Crippen LogP contribution in [-0.2, 0) is 0 Å². The van der Waals surface area contributed by atoms with E-state index in [9.17, 15) is 0 Å². The molecule has 1 N–H and O–H groups in total. The second kappa shape index (κ2) is 5.07. The topological polar surface area (TPSA) is 54.5 Å². The highest BCUT2D eigenvalue weighted by atomic mass is 15.1. The van der Waals surface area contributed by atoms with Crippen LogP contribution in [0.1, 0.15) is 5.69 Å². The van der Waals surface area contributed by atoms with E-state index in [1.54, 1.807) is 0 Å². The molecular formula is C18H14N4. The van der Waals surface area contributed by atoms with Crippen molar-refractivity contribution < 1.29 is 0 Å². The van der Waals surface area contributed by atoms with Gasteiger partial charge in [-0.1, -0.05) is 60.7 Å². The Labute approximate surface area is 127 Å². The van der Waals surface area contributed by atoms with Crippen molar-refractivity contribution in [3.8, 4) is 22.6 Å². The van der Waals surface area contributed by atoms with Gasteiger partial charge in [-0.15, -0.1) is 0 Å². The SMILES string of the molecule is Cc1[nH]nc2c(-c3ccccc3)nc(-c3ccccc3)nc12. The van der Waals surface area contributed by atoms with Gasteiger partial charge in [0.1, 0.15) is 16.7 Å². The summed E-state index contributed by atoms with van der Waals surface area (Å²) < 4.78 is 0. The van der Waals surface area contributed by atoms with E-state index in [2.05, 4.69) is 15.2 Å². The number of fused-ring (bicyclic) bond motifs is 1. The second-order valence-corrected chi connectivity index (χ2v) is 5.17. The molecule has 2 aromatic heterocycles. The van der Waals surface area contributed by atoms with Gasteiger partial charge in [0.15, 0.2) is 5.82 Å². The van der Waals surface area contributed by atoms with E-state index in [-0.39, 0.29) is 0 Å². The van der Waals surface area contributed by atoms with Gasteiger partial charge in [-0.25, -0.2) is 9.97 Å². The minimum atomic E-state index is 0.719. The highest BCUT2D eigenvalue weighted by Crippen LogP contribution is 2.28. The summed E-state index contributed by atoms with van der Waals surface area (Å²) >= 11 is 0. The monoisotopic (exact) mass is 286 g/mol. The van der Waals surface area contributed by atoms with Gasteiger partial charge in [0.05, 0.1) is 5.69 Å². The molecule has 0 unspecified atom stereocenters. The Morgan fingerprint density at radius 2 is 1.36 bits per heavy atom. The molecule has 0 saturated carbocycles. The number of nitrogens with zero attached hydrogens (tertiary/aromatic N) is 3. The van der Waals surface area contributed by atoms with Crippen molar-refractivity contribution in [3.63, 3.8) is 0 Å². The standard InChI is InChI=1S/C18H14N4/c1-12-15-17(22-21-12)16(13-8-4-2-5-9-13)20-18(19-15)14-10-6-3-7-11-14/h2-11H,1H3,(H,21,22). The zero-order valence-electron chi connectivity index (χ0n) is 12.1. The first-order chi connectivity index (χ1) is 10.8. The van der Waals surface area contributed by atoms with E-state index in [0.717, 1.165) is 39.4 Å². The van der Waals surface area contributed by atoms with Crippen LogP contribution in [0, 0.1) is 6.92 Å². The van der Waals surface area contributed by atoms with Crippen molar-refractivity contribution in [1.29, 1.82) is 0 Å². The fourth-order valence-electron chi connectivity index (χ4n) is 2.53. The number of aromatic nitrogens is 4. The van der Waals surface area contributed by atoms with Crippen LogP contribution in [0.25, 0.3) is 33.7 Å². The zero-order valence-corrected chi connectivity index (χ0v) is 12.1. The van der Waals surface area contributed by atoms with Gasteiger partial charge in [0.25, 0.3) is 0 Å². The van der Waals surface area contributed by atoms with Gasteiger partial charge in [-0.3, -0.25) is 5.10 Å². The lowest BCUT2D eigenvalue weighted by Gasteiger charge is -2.06. The molecule has 0 atom stereocenters. The molecule has 0 aliphatic carbocycles. The molecule has 22 heavy (non-hydrogen) atoms. The minimum Gasteiger partial charge on any atom is -0.280 e. The summed E-state index contributed by atoms with van der Waals surface area (Å²) in [6.07, 6.45) is 0. The first-order valence-electron chi connectivity index (χ1n) is 7.16. The lowest BCUT2D eigenvalue weighted by molar-refractivity contribution is 1.07. The van der Waals surface area contributed by atoms with Gasteiger partial charge >= 0.3 is 0 Å². The van der Waals surface area contributed by atoms with Crippen LogP contribution in [0.3, 0.4) is 0 Å². The van der Waals surface area contributed by atoms with Crippen molar-refractivity contribution in [2.24, 2.45) is 0 Å². The summed E-state index contributed by atoms with van der Waals surface area (Å²) in [5, 5.41) is 7.39. The first-order valence-corrected chi connectivity index (χ1v) is 7.16. The number of nitrogens with one attached hydrogen (secondary N) is 1.